The van der Waals surface area contributed by atoms with E-state index in [1.54, 1.807) is 37.1 Å². The average molecular weight is 398 g/mol. The minimum absolute atomic E-state index is 0.0707. The Balaban J connectivity index is 1.42. The number of halogens is 1. The summed E-state index contributed by atoms with van der Waals surface area (Å²) in [5.74, 6) is -0.268. The minimum Gasteiger partial charge on any atom is -0.469 e. The van der Waals surface area contributed by atoms with E-state index in [0.717, 1.165) is 23.4 Å². The molecule has 0 atom stereocenters. The molecule has 0 unspecified atom stereocenters. The highest BCUT2D eigenvalue weighted by Gasteiger charge is 2.14. The largest absolute Gasteiger partial charge is 0.469 e. The average Bonchev–Trinajstić information content (AvgIpc) is 3.35. The maximum atomic E-state index is 13.0. The zero-order valence-corrected chi connectivity index (χ0v) is 16.4. The number of aryl methyl sites for hydroxylation is 2. The van der Waals surface area contributed by atoms with Crippen LogP contribution < -0.4 is 5.32 Å². The number of carbonyl (C=O) groups excluding carboxylic acids is 2. The fraction of sp³-hybridized carbons (Fsp3) is 0.286. The predicted molar refractivity (Wildman–Crippen MR) is 106 cm³/mol. The van der Waals surface area contributed by atoms with E-state index in [0.29, 0.717) is 24.3 Å². The number of hydrogen-bond donors (Lipinski definition) is 2. The molecule has 0 aliphatic carbocycles. The van der Waals surface area contributed by atoms with Crippen LogP contribution in [0.25, 0.3) is 11.3 Å². The van der Waals surface area contributed by atoms with Crippen LogP contribution in [0.15, 0.2) is 47.1 Å². The van der Waals surface area contributed by atoms with Crippen molar-refractivity contribution in [2.24, 2.45) is 0 Å². The minimum atomic E-state index is -0.330. The fourth-order valence-electron chi connectivity index (χ4n) is 2.90. The quantitative estimate of drug-likeness (QED) is 0.610. The van der Waals surface area contributed by atoms with E-state index >= 15 is 0 Å². The molecule has 29 heavy (non-hydrogen) atoms. The Kier molecular flexibility index (Phi) is 6.43. The number of likely N-dealkylation sites (N-methyl/N-ethyl adjacent to an activating group) is 1. The lowest BCUT2D eigenvalue weighted by molar-refractivity contribution is -0.128. The van der Waals surface area contributed by atoms with Crippen molar-refractivity contribution in [3.8, 4) is 11.3 Å². The Morgan fingerprint density at radius 3 is 2.69 bits per heavy atom. The van der Waals surface area contributed by atoms with Gasteiger partial charge < -0.3 is 14.6 Å². The van der Waals surface area contributed by atoms with Crippen LogP contribution in [0, 0.1) is 12.7 Å². The third kappa shape index (κ3) is 5.31. The lowest BCUT2D eigenvalue weighted by Gasteiger charge is -2.17. The Morgan fingerprint density at radius 2 is 2.00 bits per heavy atom. The summed E-state index contributed by atoms with van der Waals surface area (Å²) in [6.07, 6.45) is 2.89. The topological polar surface area (TPSA) is 91.2 Å². The third-order valence-electron chi connectivity index (χ3n) is 4.64. The van der Waals surface area contributed by atoms with Gasteiger partial charge in [0.2, 0.25) is 5.91 Å². The SMILES string of the molecule is Cc1occc1C(=O)NCC(=O)N(C)CCCc1cc(-c2ccc(F)cc2)n[nH]1. The normalized spacial score (nSPS) is 10.7. The van der Waals surface area contributed by atoms with E-state index in [1.165, 1.54) is 18.4 Å². The number of benzene rings is 1. The first-order valence-electron chi connectivity index (χ1n) is 9.30. The van der Waals surface area contributed by atoms with Gasteiger partial charge in [0.05, 0.1) is 24.1 Å². The van der Waals surface area contributed by atoms with Gasteiger partial charge >= 0.3 is 0 Å². The number of rotatable bonds is 8. The number of H-pyrrole nitrogens is 1. The highest BCUT2D eigenvalue weighted by atomic mass is 19.1. The van der Waals surface area contributed by atoms with Gasteiger partial charge in [0.1, 0.15) is 11.6 Å². The summed E-state index contributed by atoms with van der Waals surface area (Å²) in [4.78, 5) is 25.8. The van der Waals surface area contributed by atoms with Gasteiger partial charge in [0.25, 0.3) is 5.91 Å². The summed E-state index contributed by atoms with van der Waals surface area (Å²) in [5.41, 5.74) is 2.96. The number of nitrogens with zero attached hydrogens (tertiary/aromatic N) is 2. The van der Waals surface area contributed by atoms with Crippen molar-refractivity contribution >= 4 is 11.8 Å². The maximum absolute atomic E-state index is 13.0. The van der Waals surface area contributed by atoms with Gasteiger partial charge in [-0.3, -0.25) is 14.7 Å². The van der Waals surface area contributed by atoms with Gasteiger partial charge in [-0.15, -0.1) is 0 Å². The van der Waals surface area contributed by atoms with Crippen LogP contribution in [0.5, 0.6) is 0 Å². The maximum Gasteiger partial charge on any atom is 0.255 e. The Morgan fingerprint density at radius 1 is 1.24 bits per heavy atom. The van der Waals surface area contributed by atoms with Crippen LogP contribution in [-0.2, 0) is 11.2 Å². The van der Waals surface area contributed by atoms with Crippen LogP contribution in [0.3, 0.4) is 0 Å². The van der Waals surface area contributed by atoms with Crippen LogP contribution in [0.4, 0.5) is 4.39 Å². The van der Waals surface area contributed by atoms with E-state index in [1.807, 2.05) is 6.07 Å². The molecule has 0 fully saturated rings. The zero-order chi connectivity index (χ0) is 20.8. The summed E-state index contributed by atoms with van der Waals surface area (Å²) in [5, 5.41) is 9.82. The molecule has 0 bridgehead atoms. The van der Waals surface area contributed by atoms with Gasteiger partial charge in [0, 0.05) is 24.8 Å². The summed E-state index contributed by atoms with van der Waals surface area (Å²) in [6, 6.07) is 9.65. The van der Waals surface area contributed by atoms with Crippen LogP contribution in [0.2, 0.25) is 0 Å². The highest BCUT2D eigenvalue weighted by molar-refractivity contribution is 5.97. The molecule has 0 saturated carbocycles. The Labute approximate surface area is 167 Å². The lowest BCUT2D eigenvalue weighted by atomic mass is 10.1. The number of furan rings is 1. The summed E-state index contributed by atoms with van der Waals surface area (Å²) < 4.78 is 18.1. The van der Waals surface area contributed by atoms with Crippen molar-refractivity contribution in [3.63, 3.8) is 0 Å². The fourth-order valence-corrected chi connectivity index (χ4v) is 2.90. The Hall–Kier alpha value is -3.42. The van der Waals surface area contributed by atoms with E-state index in [-0.39, 0.29) is 24.2 Å². The molecule has 0 spiro atoms. The molecule has 2 amide bonds. The number of amides is 2. The van der Waals surface area contributed by atoms with E-state index in [9.17, 15) is 14.0 Å². The standard InChI is InChI=1S/C21H23FN4O3/c1-14-18(9-11-29-14)21(28)23-13-20(27)26(2)10-3-4-17-12-19(25-24-17)15-5-7-16(22)8-6-15/h5-9,11-12H,3-4,10,13H2,1-2H3,(H,23,28)(H,24,25). The number of carbonyl (C=O) groups is 2. The van der Waals surface area contributed by atoms with Crippen LogP contribution in [0.1, 0.15) is 28.2 Å². The number of nitrogens with one attached hydrogen (secondary N) is 2. The molecule has 7 nitrogen and oxygen atoms in total. The zero-order valence-electron chi connectivity index (χ0n) is 16.4. The molecule has 1 aromatic carbocycles. The van der Waals surface area contributed by atoms with E-state index in [4.69, 9.17) is 4.42 Å². The summed E-state index contributed by atoms with van der Waals surface area (Å²) in [7, 11) is 1.70. The lowest BCUT2D eigenvalue weighted by Crippen LogP contribution is -2.38. The van der Waals surface area contributed by atoms with Crippen molar-refractivity contribution in [1.29, 1.82) is 0 Å². The summed E-state index contributed by atoms with van der Waals surface area (Å²) in [6.45, 7) is 2.17. The molecule has 3 aromatic rings. The van der Waals surface area contributed by atoms with Crippen molar-refractivity contribution < 1.29 is 18.4 Å². The molecule has 8 heteroatoms. The molecular weight excluding hydrogens is 375 g/mol. The molecular formula is C21H23FN4O3. The second kappa shape index (κ2) is 9.18. The van der Waals surface area contributed by atoms with Crippen LogP contribution in [-0.4, -0.2) is 47.0 Å². The molecule has 0 aliphatic heterocycles. The van der Waals surface area contributed by atoms with Crippen molar-refractivity contribution in [1.82, 2.24) is 20.4 Å². The van der Waals surface area contributed by atoms with Gasteiger partial charge in [0.15, 0.2) is 0 Å². The summed E-state index contributed by atoms with van der Waals surface area (Å²) >= 11 is 0. The van der Waals surface area contributed by atoms with E-state index < -0.39 is 0 Å². The molecule has 0 aliphatic rings. The second-order valence-electron chi connectivity index (χ2n) is 6.78. The van der Waals surface area contributed by atoms with E-state index in [2.05, 4.69) is 15.5 Å². The Bertz CT molecular complexity index is 978. The molecule has 2 aromatic heterocycles. The van der Waals surface area contributed by atoms with Crippen molar-refractivity contribution in [2.45, 2.75) is 19.8 Å². The predicted octanol–water partition coefficient (Wildman–Crippen LogP) is 2.94. The highest BCUT2D eigenvalue weighted by Crippen LogP contribution is 2.18. The molecule has 0 radical (unpaired) electrons. The first kappa shape index (κ1) is 20.3. The van der Waals surface area contributed by atoms with Gasteiger partial charge in [-0.2, -0.15) is 5.10 Å². The number of aromatic nitrogens is 2. The third-order valence-corrected chi connectivity index (χ3v) is 4.64. The molecule has 2 N–H and O–H groups in total. The second-order valence-corrected chi connectivity index (χ2v) is 6.78. The molecule has 152 valence electrons. The van der Waals surface area contributed by atoms with Gasteiger partial charge in [-0.25, -0.2) is 4.39 Å². The number of aromatic amines is 1. The molecule has 0 saturated heterocycles. The first-order valence-corrected chi connectivity index (χ1v) is 9.30. The molecule has 3 rings (SSSR count). The monoisotopic (exact) mass is 398 g/mol. The van der Waals surface area contributed by atoms with Gasteiger partial charge in [-0.1, -0.05) is 0 Å². The van der Waals surface area contributed by atoms with Gasteiger partial charge in [-0.05, 0) is 56.2 Å². The van der Waals surface area contributed by atoms with Crippen molar-refractivity contribution in [2.75, 3.05) is 20.1 Å². The number of hydrogen-bond acceptors (Lipinski definition) is 4. The van der Waals surface area contributed by atoms with Crippen molar-refractivity contribution in [3.05, 3.63) is 65.5 Å². The first-order chi connectivity index (χ1) is 13.9. The van der Waals surface area contributed by atoms with Crippen LogP contribution >= 0.6 is 0 Å². The smallest absolute Gasteiger partial charge is 0.255 e. The molecule has 2 heterocycles.